The van der Waals surface area contributed by atoms with E-state index in [1.165, 1.54) is 18.2 Å². The number of non-ortho nitro benzene ring substituents is 1. The van der Waals surface area contributed by atoms with Gasteiger partial charge in [-0.15, -0.1) is 0 Å². The summed E-state index contributed by atoms with van der Waals surface area (Å²) in [4.78, 5) is 24.3. The number of likely N-dealkylation sites (tertiary alicyclic amines) is 1. The van der Waals surface area contributed by atoms with Crippen LogP contribution >= 0.6 is 0 Å². The maximum atomic E-state index is 12.2. The highest BCUT2D eigenvalue weighted by molar-refractivity contribution is 5.68. The molecule has 0 saturated carbocycles. The zero-order valence-electron chi connectivity index (χ0n) is 15.2. The lowest BCUT2D eigenvalue weighted by Gasteiger charge is -2.45. The van der Waals surface area contributed by atoms with Crippen molar-refractivity contribution in [1.82, 2.24) is 4.90 Å². The lowest BCUT2D eigenvalue weighted by Crippen LogP contribution is -2.52. The number of rotatable bonds is 1. The number of carbonyl (C=O) groups is 1. The molecular formula is C18H24N2O6. The number of piperidine rings is 1. The van der Waals surface area contributed by atoms with Gasteiger partial charge in [0.25, 0.3) is 5.69 Å². The van der Waals surface area contributed by atoms with E-state index in [0.29, 0.717) is 43.7 Å². The molecule has 1 aromatic carbocycles. The molecular weight excluding hydrogens is 340 g/mol. The van der Waals surface area contributed by atoms with Crippen LogP contribution in [0.15, 0.2) is 18.2 Å². The van der Waals surface area contributed by atoms with Gasteiger partial charge in [-0.05, 0) is 26.8 Å². The minimum absolute atomic E-state index is 0.0675. The average molecular weight is 364 g/mol. The van der Waals surface area contributed by atoms with Crippen molar-refractivity contribution >= 4 is 11.8 Å². The summed E-state index contributed by atoms with van der Waals surface area (Å²) in [6.07, 6.45) is 0.314. The van der Waals surface area contributed by atoms with Gasteiger partial charge in [-0.3, -0.25) is 10.1 Å². The van der Waals surface area contributed by atoms with Gasteiger partial charge in [0.2, 0.25) is 0 Å². The third-order valence-electron chi connectivity index (χ3n) is 4.78. The second kappa shape index (κ2) is 6.42. The molecule has 2 aliphatic rings. The zero-order chi connectivity index (χ0) is 19.1. The summed E-state index contributed by atoms with van der Waals surface area (Å²) in [5, 5.41) is 21.4. The van der Waals surface area contributed by atoms with Gasteiger partial charge in [-0.2, -0.15) is 0 Å². The minimum Gasteiger partial charge on any atom is -0.487 e. The van der Waals surface area contributed by atoms with Gasteiger partial charge in [0.05, 0.1) is 11.0 Å². The van der Waals surface area contributed by atoms with Crippen molar-refractivity contribution in [3.05, 3.63) is 33.9 Å². The number of amides is 1. The lowest BCUT2D eigenvalue weighted by molar-refractivity contribution is -0.385. The first-order chi connectivity index (χ1) is 12.1. The first-order valence-corrected chi connectivity index (χ1v) is 8.72. The number of ether oxygens (including phenoxy) is 2. The third kappa shape index (κ3) is 3.75. The Bertz CT molecular complexity index is 719. The van der Waals surface area contributed by atoms with Gasteiger partial charge < -0.3 is 19.5 Å². The molecule has 1 fully saturated rings. The van der Waals surface area contributed by atoms with Crippen LogP contribution in [0.2, 0.25) is 0 Å². The van der Waals surface area contributed by atoms with Crippen molar-refractivity contribution < 1.29 is 24.3 Å². The number of aliphatic hydroxyl groups is 1. The molecule has 0 aromatic heterocycles. The smallest absolute Gasteiger partial charge is 0.410 e. The molecule has 0 radical (unpaired) electrons. The second-order valence-electron chi connectivity index (χ2n) is 7.95. The van der Waals surface area contributed by atoms with E-state index in [0.717, 1.165) is 0 Å². The predicted molar refractivity (Wildman–Crippen MR) is 93.1 cm³/mol. The second-order valence-corrected chi connectivity index (χ2v) is 7.95. The predicted octanol–water partition coefficient (Wildman–Crippen LogP) is 3.18. The average Bonchev–Trinajstić information content (AvgIpc) is 2.53. The molecule has 1 saturated heterocycles. The fourth-order valence-electron chi connectivity index (χ4n) is 3.47. The van der Waals surface area contributed by atoms with E-state index in [9.17, 15) is 20.0 Å². The van der Waals surface area contributed by atoms with Crippen LogP contribution in [0.5, 0.6) is 5.75 Å². The van der Waals surface area contributed by atoms with Crippen LogP contribution in [0.4, 0.5) is 10.5 Å². The molecule has 142 valence electrons. The van der Waals surface area contributed by atoms with Gasteiger partial charge in [0, 0.05) is 50.0 Å². The van der Waals surface area contributed by atoms with E-state index in [2.05, 4.69) is 0 Å². The van der Waals surface area contributed by atoms with Crippen molar-refractivity contribution in [1.29, 1.82) is 0 Å². The molecule has 3 rings (SSSR count). The summed E-state index contributed by atoms with van der Waals surface area (Å²) < 4.78 is 11.5. The van der Waals surface area contributed by atoms with Crippen LogP contribution in [0, 0.1) is 10.1 Å². The summed E-state index contributed by atoms with van der Waals surface area (Å²) in [6, 6.07) is 4.28. The van der Waals surface area contributed by atoms with Gasteiger partial charge in [0.15, 0.2) is 0 Å². The Kier molecular flexibility index (Phi) is 4.56. The standard InChI is InChI=1S/C18H24N2O6/c1-17(2,3)26-16(22)19-8-6-18(7-9-19)11-14(21)13-10-12(20(23)24)4-5-15(13)25-18/h4-5,10,14,21H,6-9,11H2,1-3H3. The lowest BCUT2D eigenvalue weighted by atomic mass is 9.81. The van der Waals surface area contributed by atoms with Crippen LogP contribution in [0.3, 0.4) is 0 Å². The van der Waals surface area contributed by atoms with Crippen molar-refractivity contribution in [2.24, 2.45) is 0 Å². The van der Waals surface area contributed by atoms with Gasteiger partial charge >= 0.3 is 6.09 Å². The van der Waals surface area contributed by atoms with Gasteiger partial charge in [-0.25, -0.2) is 4.79 Å². The van der Waals surface area contributed by atoms with Crippen LogP contribution in [0.1, 0.15) is 51.7 Å². The SMILES string of the molecule is CC(C)(C)OC(=O)N1CCC2(CC1)CC(O)c1cc([N+](=O)[O-])ccc1O2. The van der Waals surface area contributed by atoms with Crippen molar-refractivity contribution in [3.63, 3.8) is 0 Å². The molecule has 0 aliphatic carbocycles. The molecule has 1 amide bonds. The third-order valence-corrected chi connectivity index (χ3v) is 4.78. The number of aliphatic hydroxyl groups excluding tert-OH is 1. The Balaban J connectivity index is 1.70. The van der Waals surface area contributed by atoms with Crippen molar-refractivity contribution in [3.8, 4) is 5.75 Å². The molecule has 1 N–H and O–H groups in total. The van der Waals surface area contributed by atoms with E-state index in [1.54, 1.807) is 4.90 Å². The maximum absolute atomic E-state index is 12.2. The highest BCUT2D eigenvalue weighted by Crippen LogP contribution is 2.45. The minimum atomic E-state index is -0.827. The number of benzene rings is 1. The number of hydrogen-bond acceptors (Lipinski definition) is 6. The summed E-state index contributed by atoms with van der Waals surface area (Å²) >= 11 is 0. The van der Waals surface area contributed by atoms with E-state index < -0.39 is 22.2 Å². The number of carbonyl (C=O) groups excluding carboxylic acids is 1. The normalized spacial score (nSPS) is 21.7. The molecule has 8 nitrogen and oxygen atoms in total. The molecule has 1 atom stereocenters. The topological polar surface area (TPSA) is 102 Å². The molecule has 1 aromatic rings. The molecule has 26 heavy (non-hydrogen) atoms. The zero-order valence-corrected chi connectivity index (χ0v) is 15.2. The Morgan fingerprint density at radius 3 is 2.62 bits per heavy atom. The van der Waals surface area contributed by atoms with Crippen molar-refractivity contribution in [2.75, 3.05) is 13.1 Å². The fourth-order valence-corrected chi connectivity index (χ4v) is 3.47. The Morgan fingerprint density at radius 1 is 1.38 bits per heavy atom. The Hall–Kier alpha value is -2.35. The maximum Gasteiger partial charge on any atom is 0.410 e. The number of hydrogen-bond donors (Lipinski definition) is 1. The van der Waals surface area contributed by atoms with E-state index in [-0.39, 0.29) is 11.8 Å². The summed E-state index contributed by atoms with van der Waals surface area (Å²) in [6.45, 7) is 6.43. The first kappa shape index (κ1) is 18.4. The molecule has 1 unspecified atom stereocenters. The molecule has 0 bridgehead atoms. The van der Waals surface area contributed by atoms with E-state index in [4.69, 9.17) is 9.47 Å². The van der Waals surface area contributed by atoms with Crippen LogP contribution in [-0.2, 0) is 4.74 Å². The summed E-state index contributed by atoms with van der Waals surface area (Å²) in [5.41, 5.74) is -0.736. The molecule has 2 aliphatic heterocycles. The van der Waals surface area contributed by atoms with E-state index >= 15 is 0 Å². The van der Waals surface area contributed by atoms with E-state index in [1.807, 2.05) is 20.8 Å². The molecule has 2 heterocycles. The Labute approximate surface area is 151 Å². The highest BCUT2D eigenvalue weighted by Gasteiger charge is 2.44. The number of nitro groups is 1. The van der Waals surface area contributed by atoms with Gasteiger partial charge in [-0.1, -0.05) is 0 Å². The highest BCUT2D eigenvalue weighted by atomic mass is 16.6. The molecule has 1 spiro atoms. The number of nitrogens with zero attached hydrogens (tertiary/aromatic N) is 2. The number of fused-ring (bicyclic) bond motifs is 1. The Morgan fingerprint density at radius 2 is 2.04 bits per heavy atom. The van der Waals surface area contributed by atoms with Crippen molar-refractivity contribution in [2.45, 2.75) is 57.3 Å². The van der Waals surface area contributed by atoms with Crippen LogP contribution in [0.25, 0.3) is 0 Å². The monoisotopic (exact) mass is 364 g/mol. The first-order valence-electron chi connectivity index (χ1n) is 8.72. The quantitative estimate of drug-likeness (QED) is 0.606. The fraction of sp³-hybridized carbons (Fsp3) is 0.611. The van der Waals surface area contributed by atoms with Gasteiger partial charge in [0.1, 0.15) is 17.0 Å². The number of nitro benzene ring substituents is 1. The van der Waals surface area contributed by atoms with Crippen LogP contribution < -0.4 is 4.74 Å². The summed E-state index contributed by atoms with van der Waals surface area (Å²) in [7, 11) is 0. The largest absolute Gasteiger partial charge is 0.487 e. The summed E-state index contributed by atoms with van der Waals surface area (Å²) in [5.74, 6) is 0.472. The van der Waals surface area contributed by atoms with Crippen LogP contribution in [-0.4, -0.2) is 45.3 Å². The molecule has 8 heteroatoms.